The lowest BCUT2D eigenvalue weighted by Gasteiger charge is -2.25. The summed E-state index contributed by atoms with van der Waals surface area (Å²) in [5.74, 6) is 0.0601. The van der Waals surface area contributed by atoms with Crippen LogP contribution in [0.2, 0.25) is 5.02 Å². The second kappa shape index (κ2) is 4.86. The molecule has 0 aliphatic heterocycles. The van der Waals surface area contributed by atoms with Crippen molar-refractivity contribution in [3.63, 3.8) is 0 Å². The minimum atomic E-state index is -0.502. The van der Waals surface area contributed by atoms with Crippen molar-refractivity contribution in [3.05, 3.63) is 28.9 Å². The zero-order valence-corrected chi connectivity index (χ0v) is 11.2. The summed E-state index contributed by atoms with van der Waals surface area (Å²) in [4.78, 5) is 4.40. The van der Waals surface area contributed by atoms with E-state index in [1.165, 1.54) is 12.1 Å². The van der Waals surface area contributed by atoms with Crippen molar-refractivity contribution in [1.29, 1.82) is 0 Å². The number of nitrogens with zero attached hydrogens (tertiary/aromatic N) is 1. The first kappa shape index (κ1) is 13.3. The molecule has 5 heteroatoms. The molecule has 2 rings (SSSR count). The second-order valence-corrected chi connectivity index (χ2v) is 4.85. The minimum absolute atomic E-state index is 0.0497. The number of fused-ring (bicyclic) bond motifs is 1. The van der Waals surface area contributed by atoms with Crippen molar-refractivity contribution in [1.82, 2.24) is 4.98 Å². The third kappa shape index (κ3) is 1.99. The van der Waals surface area contributed by atoms with Gasteiger partial charge >= 0.3 is 0 Å². The fourth-order valence-corrected chi connectivity index (χ4v) is 2.24. The molecule has 0 atom stereocenters. The van der Waals surface area contributed by atoms with Crippen LogP contribution < -0.4 is 5.73 Å². The Balaban J connectivity index is 2.59. The number of hydrogen-bond acceptors (Lipinski definition) is 3. The molecule has 1 heterocycles. The molecule has 0 bridgehead atoms. The Hall–Kier alpha value is -1.13. The summed E-state index contributed by atoms with van der Waals surface area (Å²) in [6.07, 6.45) is 1.64. The summed E-state index contributed by atoms with van der Waals surface area (Å²) < 4.78 is 19.0. The van der Waals surface area contributed by atoms with E-state index in [0.717, 1.165) is 12.8 Å². The van der Waals surface area contributed by atoms with Crippen LogP contribution in [0.1, 0.15) is 32.6 Å². The zero-order chi connectivity index (χ0) is 13.3. The largest absolute Gasteiger partial charge is 0.440 e. The van der Waals surface area contributed by atoms with E-state index < -0.39 is 5.82 Å². The second-order valence-electron chi connectivity index (χ2n) is 4.44. The molecule has 3 nitrogen and oxygen atoms in total. The van der Waals surface area contributed by atoms with Crippen LogP contribution >= 0.6 is 11.6 Å². The lowest BCUT2D eigenvalue weighted by Crippen LogP contribution is -2.34. The van der Waals surface area contributed by atoms with Crippen molar-refractivity contribution in [2.45, 2.75) is 32.1 Å². The van der Waals surface area contributed by atoms with Crippen molar-refractivity contribution in [2.24, 2.45) is 5.73 Å². The number of aromatic nitrogens is 1. The van der Waals surface area contributed by atoms with Crippen LogP contribution in [-0.2, 0) is 5.41 Å². The van der Waals surface area contributed by atoms with E-state index >= 15 is 0 Å². The zero-order valence-electron chi connectivity index (χ0n) is 10.5. The fraction of sp³-hybridized carbons (Fsp3) is 0.462. The Bertz CT molecular complexity index is 516. The van der Waals surface area contributed by atoms with E-state index in [4.69, 9.17) is 21.8 Å². The summed E-state index contributed by atoms with van der Waals surface area (Å²) in [5.41, 5.74) is 6.53. The van der Waals surface area contributed by atoms with E-state index in [1.54, 1.807) is 0 Å². The van der Waals surface area contributed by atoms with E-state index in [0.29, 0.717) is 23.5 Å². The fourth-order valence-electron chi connectivity index (χ4n) is 2.08. The summed E-state index contributed by atoms with van der Waals surface area (Å²) in [5, 5.41) is 0.0497. The van der Waals surface area contributed by atoms with Crippen LogP contribution in [-0.4, -0.2) is 11.5 Å². The summed E-state index contributed by atoms with van der Waals surface area (Å²) >= 11 is 5.73. The lowest BCUT2D eigenvalue weighted by molar-refractivity contribution is 0.316. The van der Waals surface area contributed by atoms with Gasteiger partial charge in [0.05, 0.1) is 10.4 Å². The highest BCUT2D eigenvalue weighted by Crippen LogP contribution is 2.33. The number of halogens is 2. The van der Waals surface area contributed by atoms with Crippen molar-refractivity contribution in [2.75, 3.05) is 6.54 Å². The predicted molar refractivity (Wildman–Crippen MR) is 70.3 cm³/mol. The lowest BCUT2D eigenvalue weighted by atomic mass is 9.82. The summed E-state index contributed by atoms with van der Waals surface area (Å²) in [6.45, 7) is 4.53. The molecular weight excluding hydrogens is 255 g/mol. The van der Waals surface area contributed by atoms with Gasteiger partial charge in [0.25, 0.3) is 0 Å². The Labute approximate surface area is 110 Å². The van der Waals surface area contributed by atoms with Crippen molar-refractivity contribution < 1.29 is 8.81 Å². The molecule has 2 aromatic rings. The smallest absolute Gasteiger partial charge is 0.202 e. The van der Waals surface area contributed by atoms with Gasteiger partial charge in [0.15, 0.2) is 5.58 Å². The molecule has 98 valence electrons. The maximum absolute atomic E-state index is 13.4. The van der Waals surface area contributed by atoms with Gasteiger partial charge < -0.3 is 10.2 Å². The van der Waals surface area contributed by atoms with Crippen LogP contribution in [0.5, 0.6) is 0 Å². The number of benzene rings is 1. The molecule has 0 radical (unpaired) electrons. The molecule has 0 saturated heterocycles. The third-order valence-electron chi connectivity index (χ3n) is 3.63. The number of hydrogen-bond donors (Lipinski definition) is 1. The van der Waals surface area contributed by atoms with E-state index in [-0.39, 0.29) is 10.4 Å². The Morgan fingerprint density at radius 2 is 2.06 bits per heavy atom. The molecule has 0 unspecified atom stereocenters. The van der Waals surface area contributed by atoms with Crippen LogP contribution in [0.15, 0.2) is 16.5 Å². The molecule has 0 amide bonds. The molecule has 0 saturated carbocycles. The van der Waals surface area contributed by atoms with Gasteiger partial charge in [-0.1, -0.05) is 25.4 Å². The van der Waals surface area contributed by atoms with Gasteiger partial charge in [0.2, 0.25) is 5.89 Å². The first-order chi connectivity index (χ1) is 8.56. The van der Waals surface area contributed by atoms with Gasteiger partial charge in [-0.15, -0.1) is 0 Å². The number of rotatable bonds is 4. The molecule has 1 aromatic heterocycles. The Kier molecular flexibility index (Phi) is 3.59. The van der Waals surface area contributed by atoms with Gasteiger partial charge in [-0.25, -0.2) is 9.37 Å². The average Bonchev–Trinajstić information content (AvgIpc) is 2.76. The SMILES string of the molecule is CCC(CC)(CN)c1nc2cc(Cl)c(F)cc2o1. The molecule has 0 fully saturated rings. The number of nitrogens with two attached hydrogens (primary N) is 1. The molecule has 18 heavy (non-hydrogen) atoms. The van der Waals surface area contributed by atoms with Crippen LogP contribution in [0, 0.1) is 5.82 Å². The summed E-state index contributed by atoms with van der Waals surface area (Å²) in [6, 6.07) is 2.74. The molecule has 0 spiro atoms. The van der Waals surface area contributed by atoms with Gasteiger partial charge in [0.1, 0.15) is 11.3 Å². The van der Waals surface area contributed by atoms with Gasteiger partial charge in [0, 0.05) is 12.6 Å². The van der Waals surface area contributed by atoms with E-state index in [1.807, 2.05) is 13.8 Å². The van der Waals surface area contributed by atoms with Crippen molar-refractivity contribution >= 4 is 22.7 Å². The van der Waals surface area contributed by atoms with Gasteiger partial charge in [-0.3, -0.25) is 0 Å². The Morgan fingerprint density at radius 1 is 1.39 bits per heavy atom. The maximum Gasteiger partial charge on any atom is 0.202 e. The highest BCUT2D eigenvalue weighted by atomic mass is 35.5. The first-order valence-electron chi connectivity index (χ1n) is 6.02. The highest BCUT2D eigenvalue weighted by molar-refractivity contribution is 6.31. The topological polar surface area (TPSA) is 52.0 Å². The average molecular weight is 271 g/mol. The van der Waals surface area contributed by atoms with E-state index in [2.05, 4.69) is 4.98 Å². The maximum atomic E-state index is 13.4. The molecule has 1 aromatic carbocycles. The van der Waals surface area contributed by atoms with Gasteiger partial charge in [-0.05, 0) is 18.9 Å². The Morgan fingerprint density at radius 3 is 2.61 bits per heavy atom. The molecule has 2 N–H and O–H groups in total. The van der Waals surface area contributed by atoms with Gasteiger partial charge in [-0.2, -0.15) is 0 Å². The monoisotopic (exact) mass is 270 g/mol. The molecular formula is C13H16ClFN2O. The van der Waals surface area contributed by atoms with Crippen molar-refractivity contribution in [3.8, 4) is 0 Å². The quantitative estimate of drug-likeness (QED) is 0.923. The van der Waals surface area contributed by atoms with Crippen LogP contribution in [0.3, 0.4) is 0 Å². The first-order valence-corrected chi connectivity index (χ1v) is 6.40. The third-order valence-corrected chi connectivity index (χ3v) is 3.92. The normalized spacial score (nSPS) is 12.3. The number of oxazole rings is 1. The molecule has 0 aliphatic rings. The standard InChI is InChI=1S/C13H16ClFN2O/c1-3-13(4-2,7-16)12-17-10-5-8(14)9(15)6-11(10)18-12/h5-6H,3-4,7,16H2,1-2H3. The van der Waals surface area contributed by atoms with Crippen LogP contribution in [0.4, 0.5) is 4.39 Å². The predicted octanol–water partition coefficient (Wildman–Crippen LogP) is 3.64. The van der Waals surface area contributed by atoms with Crippen LogP contribution in [0.25, 0.3) is 11.1 Å². The minimum Gasteiger partial charge on any atom is -0.440 e. The highest BCUT2D eigenvalue weighted by Gasteiger charge is 2.32. The summed E-state index contributed by atoms with van der Waals surface area (Å²) in [7, 11) is 0. The van der Waals surface area contributed by atoms with E-state index in [9.17, 15) is 4.39 Å². The molecule has 0 aliphatic carbocycles.